The number of nitrogens with zero attached hydrogens (tertiary/aromatic N) is 1. The SMILES string of the molecule is O=C([O-])C1CC(F)(F)CN1C(=O)[O-]. The van der Waals surface area contributed by atoms with Gasteiger partial charge < -0.3 is 24.7 Å². The van der Waals surface area contributed by atoms with E-state index >= 15 is 0 Å². The van der Waals surface area contributed by atoms with Crippen molar-refractivity contribution in [2.45, 2.75) is 18.4 Å². The molecular weight excluding hydrogens is 188 g/mol. The van der Waals surface area contributed by atoms with Gasteiger partial charge in [-0.25, -0.2) is 8.78 Å². The summed E-state index contributed by atoms with van der Waals surface area (Å²) >= 11 is 0. The van der Waals surface area contributed by atoms with Crippen molar-refractivity contribution in [3.63, 3.8) is 0 Å². The Kier molecular flexibility index (Phi) is 2.10. The molecule has 1 aliphatic heterocycles. The van der Waals surface area contributed by atoms with Crippen LogP contribution in [0.1, 0.15) is 6.42 Å². The molecule has 0 spiro atoms. The van der Waals surface area contributed by atoms with Crippen LogP contribution in [0, 0.1) is 0 Å². The van der Waals surface area contributed by atoms with Crippen molar-refractivity contribution < 1.29 is 28.6 Å². The van der Waals surface area contributed by atoms with Gasteiger partial charge in [0.05, 0.1) is 18.6 Å². The lowest BCUT2D eigenvalue weighted by molar-refractivity contribution is -0.314. The predicted molar refractivity (Wildman–Crippen MR) is 30.5 cm³/mol. The number of carbonyl (C=O) groups excluding carboxylic acids is 2. The molecule has 13 heavy (non-hydrogen) atoms. The zero-order chi connectivity index (χ0) is 10.2. The predicted octanol–water partition coefficient (Wildman–Crippen LogP) is -2.21. The van der Waals surface area contributed by atoms with Crippen LogP contribution in [0.4, 0.5) is 13.6 Å². The smallest absolute Gasteiger partial charge is 0.267 e. The molecule has 0 aromatic rings. The van der Waals surface area contributed by atoms with E-state index in [0.717, 1.165) is 0 Å². The number of hydrogen-bond acceptors (Lipinski definition) is 4. The molecule has 0 aromatic heterocycles. The standard InChI is InChI=1S/C6H7F2NO4/c7-6(8)1-3(4(10)11)9(2-6)5(12)13/h3H,1-2H2,(H,10,11)(H,12,13)/p-2. The average Bonchev–Trinajstić information content (AvgIpc) is 2.26. The van der Waals surface area contributed by atoms with Gasteiger partial charge in [0.2, 0.25) is 0 Å². The first kappa shape index (κ1) is 9.69. The number of carbonyl (C=O) groups is 2. The maximum absolute atomic E-state index is 12.5. The van der Waals surface area contributed by atoms with E-state index in [-0.39, 0.29) is 4.90 Å². The van der Waals surface area contributed by atoms with Crippen molar-refractivity contribution in [3.05, 3.63) is 0 Å². The molecule has 1 heterocycles. The molecule has 7 heteroatoms. The van der Waals surface area contributed by atoms with Gasteiger partial charge in [-0.1, -0.05) is 0 Å². The van der Waals surface area contributed by atoms with Gasteiger partial charge in [0.15, 0.2) is 0 Å². The first-order chi connectivity index (χ1) is 5.83. The molecule has 0 radical (unpaired) electrons. The molecule has 1 aliphatic rings. The maximum Gasteiger partial charge on any atom is 0.267 e. The van der Waals surface area contributed by atoms with E-state index in [9.17, 15) is 28.6 Å². The van der Waals surface area contributed by atoms with Crippen LogP contribution in [0.25, 0.3) is 0 Å². The molecule has 0 aliphatic carbocycles. The Morgan fingerprint density at radius 2 is 1.92 bits per heavy atom. The molecule has 0 aromatic carbocycles. The Labute approximate surface area is 71.6 Å². The van der Waals surface area contributed by atoms with E-state index in [4.69, 9.17) is 0 Å². The number of alkyl halides is 2. The van der Waals surface area contributed by atoms with Crippen LogP contribution in [0.2, 0.25) is 0 Å². The highest BCUT2D eigenvalue weighted by molar-refractivity contribution is 5.78. The highest BCUT2D eigenvalue weighted by Gasteiger charge is 2.45. The lowest BCUT2D eigenvalue weighted by atomic mass is 10.2. The van der Waals surface area contributed by atoms with Crippen molar-refractivity contribution in [3.8, 4) is 0 Å². The quantitative estimate of drug-likeness (QED) is 0.472. The topological polar surface area (TPSA) is 83.5 Å². The summed E-state index contributed by atoms with van der Waals surface area (Å²) in [5.74, 6) is -5.15. The maximum atomic E-state index is 12.5. The number of likely N-dealkylation sites (tertiary alicyclic amines) is 1. The molecule has 1 unspecified atom stereocenters. The Bertz CT molecular complexity index is 231. The van der Waals surface area contributed by atoms with Crippen LogP contribution in [0.5, 0.6) is 0 Å². The van der Waals surface area contributed by atoms with Crippen molar-refractivity contribution in [1.82, 2.24) is 4.90 Å². The lowest BCUT2D eigenvalue weighted by Crippen LogP contribution is -2.51. The molecule has 0 N–H and O–H groups in total. The van der Waals surface area contributed by atoms with E-state index in [1.165, 1.54) is 0 Å². The Morgan fingerprint density at radius 3 is 2.23 bits per heavy atom. The number of carboxylic acids is 1. The van der Waals surface area contributed by atoms with E-state index in [1.807, 2.05) is 0 Å². The molecule has 5 nitrogen and oxygen atoms in total. The van der Waals surface area contributed by atoms with Gasteiger partial charge >= 0.3 is 0 Å². The van der Waals surface area contributed by atoms with Crippen molar-refractivity contribution in [2.75, 3.05) is 6.54 Å². The fraction of sp³-hybridized carbons (Fsp3) is 0.667. The summed E-state index contributed by atoms with van der Waals surface area (Å²) in [7, 11) is 0. The summed E-state index contributed by atoms with van der Waals surface area (Å²) in [6.07, 6.45) is -2.98. The van der Waals surface area contributed by atoms with Crippen molar-refractivity contribution in [1.29, 1.82) is 0 Å². The second-order valence-electron chi connectivity index (χ2n) is 2.79. The number of rotatable bonds is 1. The molecule has 0 saturated carbocycles. The van der Waals surface area contributed by atoms with Gasteiger partial charge in [0.25, 0.3) is 5.92 Å². The van der Waals surface area contributed by atoms with Crippen LogP contribution >= 0.6 is 0 Å². The van der Waals surface area contributed by atoms with Crippen LogP contribution < -0.4 is 10.2 Å². The number of aliphatic carboxylic acids is 1. The first-order valence-corrected chi connectivity index (χ1v) is 3.40. The van der Waals surface area contributed by atoms with E-state index < -0.39 is 37.0 Å². The molecule has 1 atom stereocenters. The summed E-state index contributed by atoms with van der Waals surface area (Å²) < 4.78 is 25.1. The molecule has 1 saturated heterocycles. The number of amides is 1. The first-order valence-electron chi connectivity index (χ1n) is 3.40. The van der Waals surface area contributed by atoms with E-state index in [1.54, 1.807) is 0 Å². The Balaban J connectivity index is 2.83. The largest absolute Gasteiger partial charge is 0.548 e. The normalized spacial score (nSPS) is 26.0. The van der Waals surface area contributed by atoms with Crippen LogP contribution in [-0.4, -0.2) is 35.5 Å². The summed E-state index contributed by atoms with van der Waals surface area (Å²) in [6, 6.07) is -1.81. The van der Waals surface area contributed by atoms with Crippen molar-refractivity contribution >= 4 is 12.1 Å². The third-order valence-corrected chi connectivity index (χ3v) is 1.78. The zero-order valence-corrected chi connectivity index (χ0v) is 6.33. The Hall–Kier alpha value is -1.40. The van der Waals surface area contributed by atoms with Gasteiger partial charge in [0, 0.05) is 6.42 Å². The minimum Gasteiger partial charge on any atom is -0.548 e. The average molecular weight is 193 g/mol. The molecule has 74 valence electrons. The highest BCUT2D eigenvalue weighted by atomic mass is 19.3. The third kappa shape index (κ3) is 1.85. The molecular formula is C6H5F2NO4-2. The fourth-order valence-electron chi connectivity index (χ4n) is 1.22. The van der Waals surface area contributed by atoms with Crippen LogP contribution in [0.15, 0.2) is 0 Å². The molecule has 1 rings (SSSR count). The fourth-order valence-corrected chi connectivity index (χ4v) is 1.22. The monoisotopic (exact) mass is 193 g/mol. The highest BCUT2D eigenvalue weighted by Crippen LogP contribution is 2.31. The van der Waals surface area contributed by atoms with Gasteiger partial charge in [-0.2, -0.15) is 0 Å². The summed E-state index contributed by atoms with van der Waals surface area (Å²) in [5, 5.41) is 20.4. The van der Waals surface area contributed by atoms with Gasteiger partial charge in [-0.3, -0.25) is 0 Å². The molecule has 1 amide bonds. The summed E-state index contributed by atoms with van der Waals surface area (Å²) in [6.45, 7) is -1.14. The second kappa shape index (κ2) is 2.82. The minimum atomic E-state index is -3.31. The van der Waals surface area contributed by atoms with Crippen molar-refractivity contribution in [2.24, 2.45) is 0 Å². The second-order valence-corrected chi connectivity index (χ2v) is 2.79. The number of hydrogen-bond donors (Lipinski definition) is 0. The van der Waals surface area contributed by atoms with Crippen LogP contribution in [0.3, 0.4) is 0 Å². The van der Waals surface area contributed by atoms with E-state index in [2.05, 4.69) is 0 Å². The lowest BCUT2D eigenvalue weighted by Gasteiger charge is -2.26. The molecule has 0 bridgehead atoms. The van der Waals surface area contributed by atoms with E-state index in [0.29, 0.717) is 0 Å². The molecule has 1 fully saturated rings. The number of halogens is 2. The Morgan fingerprint density at radius 1 is 1.38 bits per heavy atom. The zero-order valence-electron chi connectivity index (χ0n) is 6.33. The van der Waals surface area contributed by atoms with Gasteiger partial charge in [-0.15, -0.1) is 0 Å². The van der Waals surface area contributed by atoms with Gasteiger partial charge in [0.1, 0.15) is 6.09 Å². The minimum absolute atomic E-state index is 0.0648. The summed E-state index contributed by atoms with van der Waals surface area (Å²) in [5.41, 5.74) is 0. The van der Waals surface area contributed by atoms with Gasteiger partial charge in [-0.05, 0) is 0 Å². The van der Waals surface area contributed by atoms with Crippen LogP contribution in [-0.2, 0) is 4.79 Å². The summed E-state index contributed by atoms with van der Waals surface area (Å²) in [4.78, 5) is 20.5. The number of carboxylic acid groups (broad SMARTS) is 2. The third-order valence-electron chi connectivity index (χ3n) is 1.78.